The number of hydrogen-bond acceptors (Lipinski definition) is 7. The lowest BCUT2D eigenvalue weighted by Gasteiger charge is -2.08. The summed E-state index contributed by atoms with van der Waals surface area (Å²) < 4.78 is 31.1. The molecule has 8 nitrogen and oxygen atoms in total. The minimum absolute atomic E-state index is 0.0149. The van der Waals surface area contributed by atoms with E-state index in [1.54, 1.807) is 13.0 Å². The average Bonchev–Trinajstić information content (AvgIpc) is 2.74. The van der Waals surface area contributed by atoms with Crippen LogP contribution in [-0.4, -0.2) is 18.6 Å². The van der Waals surface area contributed by atoms with Crippen molar-refractivity contribution in [2.75, 3.05) is 10.1 Å². The van der Waals surface area contributed by atoms with Crippen molar-refractivity contribution in [3.63, 3.8) is 0 Å². The molecule has 18 heavy (non-hydrogen) atoms. The highest BCUT2D eigenvalue weighted by atomic mass is 32.2. The lowest BCUT2D eigenvalue weighted by atomic mass is 10.4. The Morgan fingerprint density at radius 3 is 2.83 bits per heavy atom. The number of nitrogens with one attached hydrogen (secondary N) is 2. The maximum Gasteiger partial charge on any atom is 0.283 e. The lowest BCUT2D eigenvalue weighted by molar-refractivity contribution is 0.430. The van der Waals surface area contributed by atoms with Crippen LogP contribution in [0.2, 0.25) is 0 Å². The molecule has 2 aromatic heterocycles. The van der Waals surface area contributed by atoms with Gasteiger partial charge in [0.05, 0.1) is 11.4 Å². The van der Waals surface area contributed by atoms with E-state index in [0.29, 0.717) is 5.69 Å². The zero-order chi connectivity index (χ0) is 13.2. The minimum Gasteiger partial charge on any atom is -0.338 e. The van der Waals surface area contributed by atoms with Gasteiger partial charge in [0.1, 0.15) is 0 Å². The van der Waals surface area contributed by atoms with Crippen molar-refractivity contribution < 1.29 is 12.9 Å². The second-order valence-electron chi connectivity index (χ2n) is 3.44. The highest BCUT2D eigenvalue weighted by Crippen LogP contribution is 2.20. The number of hydrogen-bond donors (Lipinski definition) is 3. The molecule has 2 rings (SSSR count). The summed E-state index contributed by atoms with van der Waals surface area (Å²) in [5.74, 6) is 5.24. The van der Waals surface area contributed by atoms with Gasteiger partial charge in [-0.25, -0.2) is 9.71 Å². The van der Waals surface area contributed by atoms with E-state index in [9.17, 15) is 8.42 Å². The first kappa shape index (κ1) is 12.3. The van der Waals surface area contributed by atoms with E-state index in [-0.39, 0.29) is 16.6 Å². The van der Waals surface area contributed by atoms with Crippen molar-refractivity contribution >= 4 is 21.6 Å². The van der Waals surface area contributed by atoms with Crippen molar-refractivity contribution in [1.82, 2.24) is 10.1 Å². The van der Waals surface area contributed by atoms with Gasteiger partial charge in [-0.2, -0.15) is 8.42 Å². The van der Waals surface area contributed by atoms with Crippen molar-refractivity contribution in [3.8, 4) is 0 Å². The minimum atomic E-state index is -3.88. The maximum atomic E-state index is 12.0. The third-order valence-electron chi connectivity index (χ3n) is 2.04. The summed E-state index contributed by atoms with van der Waals surface area (Å²) in [5.41, 5.74) is 3.01. The molecule has 0 aromatic carbocycles. The van der Waals surface area contributed by atoms with Crippen LogP contribution in [0, 0.1) is 6.92 Å². The first-order valence-corrected chi connectivity index (χ1v) is 6.39. The first-order chi connectivity index (χ1) is 8.53. The van der Waals surface area contributed by atoms with Gasteiger partial charge in [-0.3, -0.25) is 5.84 Å². The van der Waals surface area contributed by atoms with Crippen LogP contribution in [-0.2, 0) is 10.0 Å². The number of aromatic nitrogens is 2. The monoisotopic (exact) mass is 269 g/mol. The molecule has 4 N–H and O–H groups in total. The van der Waals surface area contributed by atoms with Gasteiger partial charge >= 0.3 is 0 Å². The SMILES string of the molecule is Cc1cc(NS(=O)(=O)c2ncccc2NN)on1. The Morgan fingerprint density at radius 1 is 1.44 bits per heavy atom. The van der Waals surface area contributed by atoms with Crippen LogP contribution >= 0.6 is 0 Å². The molecule has 0 unspecified atom stereocenters. The molecule has 0 atom stereocenters. The standard InChI is InChI=1S/C9H11N5O3S/c1-6-5-8(17-13-6)14-18(15,16)9-7(12-10)3-2-4-11-9/h2-5,12,14H,10H2,1H3. The Labute approximate surface area is 103 Å². The Balaban J connectivity index is 2.36. The zero-order valence-corrected chi connectivity index (χ0v) is 10.2. The summed E-state index contributed by atoms with van der Waals surface area (Å²) in [6.07, 6.45) is 1.35. The molecule has 0 bridgehead atoms. The second kappa shape index (κ2) is 4.63. The topological polar surface area (TPSA) is 123 Å². The van der Waals surface area contributed by atoms with Gasteiger partial charge in [-0.15, -0.1) is 0 Å². The van der Waals surface area contributed by atoms with Crippen LogP contribution in [0.3, 0.4) is 0 Å². The van der Waals surface area contributed by atoms with E-state index in [4.69, 9.17) is 10.4 Å². The predicted octanol–water partition coefficient (Wildman–Crippen LogP) is 0.464. The molecule has 0 saturated carbocycles. The molecule has 96 valence electrons. The number of nitrogens with two attached hydrogens (primary N) is 1. The molecule has 0 aliphatic carbocycles. The summed E-state index contributed by atoms with van der Waals surface area (Å²) in [5, 5.41) is 3.35. The fraction of sp³-hybridized carbons (Fsp3) is 0.111. The van der Waals surface area contributed by atoms with Gasteiger partial charge in [0, 0.05) is 12.3 Å². The van der Waals surface area contributed by atoms with Crippen LogP contribution in [0.15, 0.2) is 33.9 Å². The highest BCUT2D eigenvalue weighted by Gasteiger charge is 2.21. The van der Waals surface area contributed by atoms with Crippen LogP contribution < -0.4 is 16.0 Å². The molecule has 0 aliphatic heterocycles. The van der Waals surface area contributed by atoms with Crippen molar-refractivity contribution in [2.45, 2.75) is 11.9 Å². The fourth-order valence-electron chi connectivity index (χ4n) is 1.31. The quantitative estimate of drug-likeness (QED) is 0.544. The van der Waals surface area contributed by atoms with E-state index in [0.717, 1.165) is 0 Å². The first-order valence-electron chi connectivity index (χ1n) is 4.91. The molecule has 0 amide bonds. The molecule has 0 radical (unpaired) electrons. The van der Waals surface area contributed by atoms with Crippen molar-refractivity contribution in [2.24, 2.45) is 5.84 Å². The van der Waals surface area contributed by atoms with E-state index in [1.165, 1.54) is 18.3 Å². The van der Waals surface area contributed by atoms with Crippen LogP contribution in [0.5, 0.6) is 0 Å². The van der Waals surface area contributed by atoms with Crippen molar-refractivity contribution in [1.29, 1.82) is 0 Å². The molecule has 0 saturated heterocycles. The molecular formula is C9H11N5O3S. The largest absolute Gasteiger partial charge is 0.338 e. The zero-order valence-electron chi connectivity index (χ0n) is 9.41. The number of pyridine rings is 1. The molecular weight excluding hydrogens is 258 g/mol. The highest BCUT2D eigenvalue weighted by molar-refractivity contribution is 7.92. The number of sulfonamides is 1. The van der Waals surface area contributed by atoms with E-state index in [2.05, 4.69) is 20.3 Å². The van der Waals surface area contributed by atoms with Crippen molar-refractivity contribution in [3.05, 3.63) is 30.1 Å². The van der Waals surface area contributed by atoms with Gasteiger partial charge in [-0.05, 0) is 19.1 Å². The van der Waals surface area contributed by atoms with E-state index in [1.807, 2.05) is 0 Å². The fourth-order valence-corrected chi connectivity index (χ4v) is 2.38. The number of hydrazine groups is 1. The predicted molar refractivity (Wildman–Crippen MR) is 64.1 cm³/mol. The number of nitrogen functional groups attached to an aromatic ring is 1. The van der Waals surface area contributed by atoms with Crippen LogP contribution in [0.4, 0.5) is 11.6 Å². The van der Waals surface area contributed by atoms with Gasteiger partial charge in [0.2, 0.25) is 10.9 Å². The molecule has 2 heterocycles. The van der Waals surface area contributed by atoms with Crippen LogP contribution in [0.25, 0.3) is 0 Å². The van der Waals surface area contributed by atoms with Gasteiger partial charge < -0.3 is 9.95 Å². The number of aryl methyl sites for hydroxylation is 1. The summed E-state index contributed by atoms with van der Waals surface area (Å²) in [4.78, 5) is 3.77. The Morgan fingerprint density at radius 2 is 2.22 bits per heavy atom. The Kier molecular flexibility index (Phi) is 3.17. The lowest BCUT2D eigenvalue weighted by Crippen LogP contribution is -2.18. The molecule has 9 heteroatoms. The third-order valence-corrected chi connectivity index (χ3v) is 3.35. The summed E-state index contributed by atoms with van der Waals surface area (Å²) in [6, 6.07) is 4.51. The molecule has 0 aliphatic rings. The summed E-state index contributed by atoms with van der Waals surface area (Å²) in [6.45, 7) is 1.68. The normalized spacial score (nSPS) is 11.2. The second-order valence-corrected chi connectivity index (χ2v) is 5.04. The van der Waals surface area contributed by atoms with E-state index >= 15 is 0 Å². The smallest absolute Gasteiger partial charge is 0.283 e. The van der Waals surface area contributed by atoms with E-state index < -0.39 is 10.0 Å². The Bertz CT molecular complexity index is 652. The third kappa shape index (κ3) is 2.41. The summed E-state index contributed by atoms with van der Waals surface area (Å²) >= 11 is 0. The molecule has 0 fully saturated rings. The molecule has 2 aromatic rings. The van der Waals surface area contributed by atoms with Gasteiger partial charge in [0.15, 0.2) is 0 Å². The maximum absolute atomic E-state index is 12.0. The van der Waals surface area contributed by atoms with Gasteiger partial charge in [0.25, 0.3) is 10.0 Å². The number of nitrogens with zero attached hydrogens (tertiary/aromatic N) is 2. The average molecular weight is 269 g/mol. The number of anilines is 2. The Hall–Kier alpha value is -2.13. The number of rotatable bonds is 4. The van der Waals surface area contributed by atoms with Gasteiger partial charge in [-0.1, -0.05) is 5.16 Å². The molecule has 0 spiro atoms. The summed E-state index contributed by atoms with van der Waals surface area (Å²) in [7, 11) is -3.88. The van der Waals surface area contributed by atoms with Crippen LogP contribution in [0.1, 0.15) is 5.69 Å².